The standard InChI is InChI=1S/C40H49N3OS/c1-2-27-42(28-15-29-43-30-24-35(25-31-43)34-16-7-3-8-17-34)32-26-41-39(44)33-45-40(36-18-9-4-10-19-36,37-20-11-5-12-21-37)38-22-13-6-14-23-38/h3-14,16-23,35H,2,15,24-33H2,1H3,(H,41,44). The average Bonchev–Trinajstić information content (AvgIpc) is 3.11. The summed E-state index contributed by atoms with van der Waals surface area (Å²) in [6.07, 6.45) is 4.81. The van der Waals surface area contributed by atoms with Crippen LogP contribution in [0.1, 0.15) is 60.8 Å². The Hall–Kier alpha value is -3.38. The Labute approximate surface area is 275 Å². The molecule has 0 atom stereocenters. The Morgan fingerprint density at radius 1 is 0.756 bits per heavy atom. The zero-order chi connectivity index (χ0) is 31.2. The molecular formula is C40H49N3OS. The van der Waals surface area contributed by atoms with Crippen LogP contribution in [0, 0.1) is 0 Å². The van der Waals surface area contributed by atoms with Crippen molar-refractivity contribution in [2.45, 2.75) is 43.3 Å². The Balaban J connectivity index is 1.12. The number of rotatable bonds is 16. The van der Waals surface area contributed by atoms with E-state index in [1.807, 2.05) is 0 Å². The van der Waals surface area contributed by atoms with Gasteiger partial charge in [-0.05, 0) is 86.6 Å². The van der Waals surface area contributed by atoms with Crippen LogP contribution in [0.4, 0.5) is 0 Å². The second-order valence-electron chi connectivity index (χ2n) is 12.1. The van der Waals surface area contributed by atoms with Gasteiger partial charge in [-0.1, -0.05) is 128 Å². The van der Waals surface area contributed by atoms with Gasteiger partial charge in [-0.15, -0.1) is 11.8 Å². The molecule has 0 bridgehead atoms. The van der Waals surface area contributed by atoms with E-state index in [9.17, 15) is 4.79 Å². The van der Waals surface area contributed by atoms with Crippen molar-refractivity contribution in [2.24, 2.45) is 0 Å². The highest BCUT2D eigenvalue weighted by Crippen LogP contribution is 2.48. The molecule has 0 aliphatic carbocycles. The van der Waals surface area contributed by atoms with Gasteiger partial charge in [0.15, 0.2) is 0 Å². The summed E-state index contributed by atoms with van der Waals surface area (Å²) in [5, 5.41) is 3.25. The van der Waals surface area contributed by atoms with Crippen LogP contribution in [-0.2, 0) is 9.54 Å². The number of hydrogen-bond donors (Lipinski definition) is 1. The van der Waals surface area contributed by atoms with Gasteiger partial charge in [0.2, 0.25) is 5.91 Å². The maximum Gasteiger partial charge on any atom is 0.230 e. The van der Waals surface area contributed by atoms with Crippen molar-refractivity contribution in [3.8, 4) is 0 Å². The van der Waals surface area contributed by atoms with Gasteiger partial charge >= 0.3 is 0 Å². The third-order valence-corrected chi connectivity index (χ3v) is 10.6. The number of amides is 1. The number of hydrogen-bond acceptors (Lipinski definition) is 4. The molecule has 45 heavy (non-hydrogen) atoms. The van der Waals surface area contributed by atoms with Crippen LogP contribution in [0.15, 0.2) is 121 Å². The molecule has 1 aliphatic heterocycles. The summed E-state index contributed by atoms with van der Waals surface area (Å²) in [5.74, 6) is 1.18. The fourth-order valence-electron chi connectivity index (χ4n) is 6.73. The largest absolute Gasteiger partial charge is 0.354 e. The number of benzene rings is 4. The van der Waals surface area contributed by atoms with Gasteiger partial charge in [0, 0.05) is 13.1 Å². The lowest BCUT2D eigenvalue weighted by Crippen LogP contribution is -2.39. The van der Waals surface area contributed by atoms with E-state index < -0.39 is 4.75 Å². The SMILES string of the molecule is CCCN(CCCN1CCC(c2ccccc2)CC1)CCNC(=O)CSC(c1ccccc1)(c1ccccc1)c1ccccc1. The minimum atomic E-state index is -0.481. The first-order valence-corrected chi connectivity index (χ1v) is 17.7. The normalized spacial score (nSPS) is 14.4. The number of carbonyl (C=O) groups is 1. The summed E-state index contributed by atoms with van der Waals surface area (Å²) in [7, 11) is 0. The van der Waals surface area contributed by atoms with Crippen molar-refractivity contribution in [2.75, 3.05) is 51.6 Å². The second-order valence-corrected chi connectivity index (χ2v) is 13.3. The second kappa shape index (κ2) is 17.4. The van der Waals surface area contributed by atoms with Gasteiger partial charge < -0.3 is 15.1 Å². The predicted octanol–water partition coefficient (Wildman–Crippen LogP) is 7.81. The van der Waals surface area contributed by atoms with Crippen LogP contribution in [0.3, 0.4) is 0 Å². The van der Waals surface area contributed by atoms with Crippen molar-refractivity contribution in [3.63, 3.8) is 0 Å². The molecule has 1 heterocycles. The fraction of sp³-hybridized carbons (Fsp3) is 0.375. The topological polar surface area (TPSA) is 35.6 Å². The quantitative estimate of drug-likeness (QED) is 0.130. The van der Waals surface area contributed by atoms with Crippen molar-refractivity contribution in [1.29, 1.82) is 0 Å². The maximum absolute atomic E-state index is 13.3. The predicted molar refractivity (Wildman–Crippen MR) is 191 cm³/mol. The molecule has 1 N–H and O–H groups in total. The summed E-state index contributed by atoms with van der Waals surface area (Å²) in [5.41, 5.74) is 5.04. The number of likely N-dealkylation sites (tertiary alicyclic amines) is 1. The van der Waals surface area contributed by atoms with E-state index in [1.165, 1.54) is 54.6 Å². The van der Waals surface area contributed by atoms with Crippen LogP contribution >= 0.6 is 11.8 Å². The van der Waals surface area contributed by atoms with E-state index in [0.717, 1.165) is 32.6 Å². The van der Waals surface area contributed by atoms with Crippen molar-refractivity contribution >= 4 is 17.7 Å². The molecule has 0 unspecified atom stereocenters. The van der Waals surface area contributed by atoms with E-state index in [1.54, 1.807) is 11.8 Å². The summed E-state index contributed by atoms with van der Waals surface area (Å²) in [4.78, 5) is 18.5. The Kier molecular flexibility index (Phi) is 12.7. The fourth-order valence-corrected chi connectivity index (χ4v) is 8.09. The van der Waals surface area contributed by atoms with Crippen molar-refractivity contribution < 1.29 is 4.79 Å². The van der Waals surface area contributed by atoms with Crippen LogP contribution < -0.4 is 5.32 Å². The third-order valence-electron chi connectivity index (χ3n) is 9.06. The number of thioether (sulfide) groups is 1. The Morgan fingerprint density at radius 3 is 1.78 bits per heavy atom. The molecule has 4 aromatic rings. The number of nitrogens with one attached hydrogen (secondary N) is 1. The molecule has 1 saturated heterocycles. The highest BCUT2D eigenvalue weighted by atomic mass is 32.2. The first kappa shape index (κ1) is 33.0. The zero-order valence-corrected chi connectivity index (χ0v) is 27.6. The molecule has 1 aliphatic rings. The molecular weight excluding hydrogens is 571 g/mol. The molecule has 4 nitrogen and oxygen atoms in total. The highest BCUT2D eigenvalue weighted by molar-refractivity contribution is 8.01. The molecule has 5 rings (SSSR count). The monoisotopic (exact) mass is 619 g/mol. The van der Waals surface area contributed by atoms with Crippen LogP contribution in [-0.4, -0.2) is 67.3 Å². The van der Waals surface area contributed by atoms with Gasteiger partial charge in [0.05, 0.1) is 10.5 Å². The summed E-state index contributed by atoms with van der Waals surface area (Å²) in [6, 6.07) is 42.8. The van der Waals surface area contributed by atoms with E-state index in [0.29, 0.717) is 18.2 Å². The van der Waals surface area contributed by atoms with Crippen molar-refractivity contribution in [1.82, 2.24) is 15.1 Å². The van der Waals surface area contributed by atoms with Crippen LogP contribution in [0.2, 0.25) is 0 Å². The molecule has 5 heteroatoms. The zero-order valence-electron chi connectivity index (χ0n) is 26.8. The molecule has 0 aromatic heterocycles. The maximum atomic E-state index is 13.3. The van der Waals surface area contributed by atoms with Gasteiger partial charge in [-0.2, -0.15) is 0 Å². The van der Waals surface area contributed by atoms with Gasteiger partial charge in [-0.25, -0.2) is 0 Å². The summed E-state index contributed by atoms with van der Waals surface area (Å²) >= 11 is 1.70. The third kappa shape index (κ3) is 9.09. The van der Waals surface area contributed by atoms with Crippen LogP contribution in [0.5, 0.6) is 0 Å². The Bertz CT molecular complexity index is 1300. The van der Waals surface area contributed by atoms with Gasteiger partial charge in [0.1, 0.15) is 0 Å². The first-order chi connectivity index (χ1) is 22.2. The lowest BCUT2D eigenvalue weighted by atomic mass is 9.84. The lowest BCUT2D eigenvalue weighted by molar-refractivity contribution is -0.118. The molecule has 0 radical (unpaired) electrons. The number of nitrogens with zero attached hydrogens (tertiary/aromatic N) is 2. The molecule has 4 aromatic carbocycles. The van der Waals surface area contributed by atoms with E-state index in [-0.39, 0.29) is 5.91 Å². The molecule has 0 spiro atoms. The molecule has 0 saturated carbocycles. The number of carbonyl (C=O) groups excluding carboxylic acids is 1. The summed E-state index contributed by atoms with van der Waals surface area (Å²) in [6.45, 7) is 9.50. The minimum absolute atomic E-state index is 0.0879. The van der Waals surface area contributed by atoms with Gasteiger partial charge in [-0.3, -0.25) is 4.79 Å². The molecule has 1 amide bonds. The Morgan fingerprint density at radius 2 is 1.27 bits per heavy atom. The highest BCUT2D eigenvalue weighted by Gasteiger charge is 2.37. The smallest absolute Gasteiger partial charge is 0.230 e. The molecule has 236 valence electrons. The first-order valence-electron chi connectivity index (χ1n) is 16.8. The van der Waals surface area contributed by atoms with Crippen molar-refractivity contribution in [3.05, 3.63) is 144 Å². The van der Waals surface area contributed by atoms with E-state index in [2.05, 4.69) is 143 Å². The minimum Gasteiger partial charge on any atom is -0.354 e. The molecule has 1 fully saturated rings. The van der Waals surface area contributed by atoms with Gasteiger partial charge in [0.25, 0.3) is 0 Å². The van der Waals surface area contributed by atoms with Crippen LogP contribution in [0.25, 0.3) is 0 Å². The summed E-state index contributed by atoms with van der Waals surface area (Å²) < 4.78 is -0.481. The number of piperidine rings is 1. The average molecular weight is 620 g/mol. The van der Waals surface area contributed by atoms with E-state index >= 15 is 0 Å². The van der Waals surface area contributed by atoms with E-state index in [4.69, 9.17) is 0 Å². The lowest BCUT2D eigenvalue weighted by Gasteiger charge is -2.35.